The van der Waals surface area contributed by atoms with Gasteiger partial charge in [-0.05, 0) is 36.7 Å². The van der Waals surface area contributed by atoms with Crippen LogP contribution < -0.4 is 17.2 Å². The molecule has 9 N–H and O–H groups in total. The molecule has 0 aliphatic rings. The summed E-state index contributed by atoms with van der Waals surface area (Å²) in [5.41, 5.74) is 16.7. The average molecular weight is 428 g/mol. The fourth-order valence-electron chi connectivity index (χ4n) is 2.17. The van der Waals surface area contributed by atoms with E-state index in [1.165, 1.54) is 0 Å². The molecule has 0 radical (unpaired) electrons. The van der Waals surface area contributed by atoms with Gasteiger partial charge in [0.05, 0.1) is 0 Å². The topological polar surface area (TPSA) is 190 Å². The molecule has 172 valence electrons. The molecular weight excluding hydrogens is 390 g/mol. The molecule has 3 atom stereocenters. The minimum Gasteiger partial charge on any atom is -0.480 e. The van der Waals surface area contributed by atoms with Gasteiger partial charge in [0.15, 0.2) is 0 Å². The number of rotatable bonds is 9. The molecule has 0 amide bonds. The number of aliphatic carboxylic acids is 3. The Balaban J connectivity index is 0. The van der Waals surface area contributed by atoms with Gasteiger partial charge in [-0.2, -0.15) is 0 Å². The van der Waals surface area contributed by atoms with Crippen LogP contribution in [0.4, 0.5) is 0 Å². The van der Waals surface area contributed by atoms with Gasteiger partial charge in [0.1, 0.15) is 18.1 Å². The van der Waals surface area contributed by atoms with Crippen LogP contribution in [-0.4, -0.2) is 51.4 Å². The summed E-state index contributed by atoms with van der Waals surface area (Å²) in [5, 5.41) is 25.1. The molecule has 9 nitrogen and oxygen atoms in total. The summed E-state index contributed by atoms with van der Waals surface area (Å²) in [7, 11) is 0. The van der Waals surface area contributed by atoms with E-state index in [4.69, 9.17) is 32.5 Å². The lowest BCUT2D eigenvalue weighted by molar-refractivity contribution is -0.139. The fraction of sp³-hybridized carbons (Fsp3) is 0.571. The van der Waals surface area contributed by atoms with E-state index >= 15 is 0 Å². The Morgan fingerprint density at radius 1 is 0.700 bits per heavy atom. The van der Waals surface area contributed by atoms with Crippen LogP contribution in [0.15, 0.2) is 30.3 Å². The first-order valence-electron chi connectivity index (χ1n) is 9.76. The van der Waals surface area contributed by atoms with E-state index in [0.29, 0.717) is 31.1 Å². The highest BCUT2D eigenvalue weighted by Crippen LogP contribution is 2.03. The molecule has 0 unspecified atom stereocenters. The number of nitrogens with two attached hydrogens (primary N) is 3. The summed E-state index contributed by atoms with van der Waals surface area (Å²) in [4.78, 5) is 30.6. The van der Waals surface area contributed by atoms with Gasteiger partial charge in [-0.1, -0.05) is 58.0 Å². The Kier molecular flexibility index (Phi) is 16.2. The quantitative estimate of drug-likeness (QED) is 0.339. The summed E-state index contributed by atoms with van der Waals surface area (Å²) in [6, 6.07) is 7.16. The van der Waals surface area contributed by atoms with Crippen molar-refractivity contribution in [1.82, 2.24) is 0 Å². The maximum atomic E-state index is 10.4. The molecule has 0 saturated heterocycles. The zero-order valence-electron chi connectivity index (χ0n) is 18.2. The molecule has 1 aromatic rings. The molecule has 0 fully saturated rings. The summed E-state index contributed by atoms with van der Waals surface area (Å²) >= 11 is 0. The molecule has 0 aromatic heterocycles. The highest BCUT2D eigenvalue weighted by Gasteiger charge is 2.13. The van der Waals surface area contributed by atoms with Crippen molar-refractivity contribution in [3.8, 4) is 0 Å². The van der Waals surface area contributed by atoms with E-state index < -0.39 is 36.0 Å². The monoisotopic (exact) mass is 427 g/mol. The van der Waals surface area contributed by atoms with Crippen LogP contribution >= 0.6 is 0 Å². The number of hydrogen-bond donors (Lipinski definition) is 6. The number of carbonyl (C=O) groups is 3. The molecule has 1 aromatic carbocycles. The van der Waals surface area contributed by atoms with E-state index in [-0.39, 0.29) is 0 Å². The van der Waals surface area contributed by atoms with Gasteiger partial charge >= 0.3 is 17.9 Å². The van der Waals surface area contributed by atoms with Crippen molar-refractivity contribution >= 4 is 17.9 Å². The van der Waals surface area contributed by atoms with E-state index in [9.17, 15) is 14.4 Å². The largest absolute Gasteiger partial charge is 0.480 e. The first-order valence-corrected chi connectivity index (χ1v) is 9.76. The van der Waals surface area contributed by atoms with Gasteiger partial charge in [-0.15, -0.1) is 0 Å². The van der Waals surface area contributed by atoms with Crippen LogP contribution in [-0.2, 0) is 20.8 Å². The van der Waals surface area contributed by atoms with Gasteiger partial charge in [0.2, 0.25) is 0 Å². The predicted octanol–water partition coefficient (Wildman–Crippen LogP) is 1.53. The summed E-state index contributed by atoms with van der Waals surface area (Å²) in [6.45, 7) is 7.79. The van der Waals surface area contributed by atoms with Crippen LogP contribution in [0.25, 0.3) is 0 Å². The van der Waals surface area contributed by atoms with Crippen molar-refractivity contribution in [2.24, 2.45) is 29.0 Å². The van der Waals surface area contributed by atoms with E-state index in [1.807, 2.05) is 58.0 Å². The summed E-state index contributed by atoms with van der Waals surface area (Å²) < 4.78 is 0. The van der Waals surface area contributed by atoms with Crippen LogP contribution in [0.2, 0.25) is 0 Å². The van der Waals surface area contributed by atoms with Crippen molar-refractivity contribution in [2.75, 3.05) is 0 Å². The van der Waals surface area contributed by atoms with Gasteiger partial charge in [0.25, 0.3) is 0 Å². The average Bonchev–Trinajstić information content (AvgIpc) is 2.62. The van der Waals surface area contributed by atoms with E-state index in [1.54, 1.807) is 0 Å². The standard InChI is InChI=1S/C9H11NO2.2C6H13NO2/c10-8(9(11)12)6-7-4-2-1-3-5-7;2*1-4(2)3-5(7)6(8)9/h1-5,8H,6,10H2,(H,11,12);2*4-5H,3,7H2,1-2H3,(H,8,9)/t8-;2*5-/m000/s1. The van der Waals surface area contributed by atoms with Crippen LogP contribution in [0, 0.1) is 11.8 Å². The van der Waals surface area contributed by atoms with E-state index in [0.717, 1.165) is 5.56 Å². The smallest absolute Gasteiger partial charge is 0.320 e. The summed E-state index contributed by atoms with van der Waals surface area (Å²) in [5.74, 6) is -2.07. The van der Waals surface area contributed by atoms with Gasteiger partial charge in [-0.25, -0.2) is 0 Å². The Morgan fingerprint density at radius 2 is 1.03 bits per heavy atom. The molecule has 1 rings (SSSR count). The number of carboxylic acid groups (broad SMARTS) is 3. The third-order valence-corrected chi connectivity index (χ3v) is 3.70. The highest BCUT2D eigenvalue weighted by atomic mass is 16.4. The van der Waals surface area contributed by atoms with Gasteiger partial charge < -0.3 is 32.5 Å². The molecule has 9 heteroatoms. The normalized spacial score (nSPS) is 13.2. The molecule has 0 spiro atoms. The van der Waals surface area contributed by atoms with Crippen LogP contribution in [0.5, 0.6) is 0 Å². The minimum absolute atomic E-state index is 0.357. The SMILES string of the molecule is CC(C)C[C@H](N)C(=O)O.CC(C)C[C@H](N)C(=O)O.N[C@@H](Cc1ccccc1)C(=O)O. The maximum Gasteiger partial charge on any atom is 0.320 e. The number of hydrogen-bond acceptors (Lipinski definition) is 6. The second-order valence-electron chi connectivity index (χ2n) is 7.78. The lowest BCUT2D eigenvalue weighted by atomic mass is 10.1. The Labute approximate surface area is 178 Å². The molecule has 0 heterocycles. The van der Waals surface area contributed by atoms with Crippen molar-refractivity contribution < 1.29 is 29.7 Å². The minimum atomic E-state index is -0.959. The van der Waals surface area contributed by atoms with Crippen molar-refractivity contribution in [2.45, 2.75) is 65.1 Å². The Bertz CT molecular complexity index is 596. The predicted molar refractivity (Wildman–Crippen MR) is 116 cm³/mol. The third kappa shape index (κ3) is 17.6. The molecule has 0 aliphatic carbocycles. The van der Waals surface area contributed by atoms with Crippen molar-refractivity contribution in [3.05, 3.63) is 35.9 Å². The van der Waals surface area contributed by atoms with Gasteiger partial charge in [0, 0.05) is 0 Å². The van der Waals surface area contributed by atoms with Gasteiger partial charge in [-0.3, -0.25) is 14.4 Å². The lowest BCUT2D eigenvalue weighted by Crippen LogP contribution is -2.32. The second-order valence-corrected chi connectivity index (χ2v) is 7.78. The second kappa shape index (κ2) is 16.3. The maximum absolute atomic E-state index is 10.4. The van der Waals surface area contributed by atoms with Crippen LogP contribution in [0.1, 0.15) is 46.1 Å². The zero-order valence-corrected chi connectivity index (χ0v) is 18.2. The van der Waals surface area contributed by atoms with Crippen molar-refractivity contribution in [3.63, 3.8) is 0 Å². The molecule has 0 aliphatic heterocycles. The lowest BCUT2D eigenvalue weighted by Gasteiger charge is -2.07. The zero-order chi connectivity index (χ0) is 23.9. The van der Waals surface area contributed by atoms with E-state index in [2.05, 4.69) is 0 Å². The van der Waals surface area contributed by atoms with Crippen LogP contribution in [0.3, 0.4) is 0 Å². The van der Waals surface area contributed by atoms with Crippen molar-refractivity contribution in [1.29, 1.82) is 0 Å². The summed E-state index contributed by atoms with van der Waals surface area (Å²) in [6.07, 6.45) is 1.49. The first-order chi connectivity index (χ1) is 13.8. The Morgan fingerprint density at radius 3 is 1.27 bits per heavy atom. The number of carboxylic acids is 3. The molecule has 0 saturated carbocycles. The molecule has 30 heavy (non-hydrogen) atoms. The Hall–Kier alpha value is -2.49. The first kappa shape index (κ1) is 29.7. The highest BCUT2D eigenvalue weighted by molar-refractivity contribution is 5.73. The molecular formula is C21H37N3O6. The molecule has 0 bridgehead atoms. The fourth-order valence-corrected chi connectivity index (χ4v) is 2.17. The number of benzene rings is 1. The third-order valence-electron chi connectivity index (χ3n) is 3.70.